The fourth-order valence-electron chi connectivity index (χ4n) is 2.16. The number of carbonyl (C=O) groups is 1. The monoisotopic (exact) mass is 340 g/mol. The van der Waals surface area contributed by atoms with Crippen LogP contribution in [0.3, 0.4) is 0 Å². The third kappa shape index (κ3) is 3.74. The molecule has 1 N–H and O–H groups in total. The van der Waals surface area contributed by atoms with E-state index in [1.54, 1.807) is 50.7 Å². The number of nitrogens with zero attached hydrogens (tertiary/aromatic N) is 3. The number of ether oxygens (including phenoxy) is 2. The van der Waals surface area contributed by atoms with E-state index in [4.69, 9.17) is 14.0 Å². The Morgan fingerprint density at radius 3 is 2.72 bits per heavy atom. The van der Waals surface area contributed by atoms with E-state index in [2.05, 4.69) is 20.4 Å². The Bertz CT molecular complexity index is 864. The second-order valence-corrected chi connectivity index (χ2v) is 5.01. The standard InChI is InChI=1S/C17H16N4O4/c1-23-13-7-6-11(9-14(13)24-2)10-19-16(22)17-20-15(21-25-17)12-5-3-4-8-18-12/h3-9H,10H2,1-2H3,(H,19,22). The predicted octanol–water partition coefficient (Wildman–Crippen LogP) is 2.08. The molecule has 0 aliphatic carbocycles. The van der Waals surface area contributed by atoms with Crippen molar-refractivity contribution in [1.29, 1.82) is 0 Å². The van der Waals surface area contributed by atoms with Crippen LogP contribution < -0.4 is 14.8 Å². The van der Waals surface area contributed by atoms with Crippen LogP contribution in [0.4, 0.5) is 0 Å². The highest BCUT2D eigenvalue weighted by molar-refractivity contribution is 5.89. The normalized spacial score (nSPS) is 10.3. The molecular formula is C17H16N4O4. The highest BCUT2D eigenvalue weighted by Crippen LogP contribution is 2.27. The van der Waals surface area contributed by atoms with Gasteiger partial charge in [0.1, 0.15) is 5.69 Å². The molecule has 0 spiro atoms. The lowest BCUT2D eigenvalue weighted by molar-refractivity contribution is 0.0907. The Balaban J connectivity index is 1.66. The summed E-state index contributed by atoms with van der Waals surface area (Å²) in [7, 11) is 3.12. The fourth-order valence-corrected chi connectivity index (χ4v) is 2.16. The van der Waals surface area contributed by atoms with E-state index in [1.165, 1.54) is 0 Å². The number of amides is 1. The zero-order valence-electron chi connectivity index (χ0n) is 13.7. The molecule has 2 heterocycles. The summed E-state index contributed by atoms with van der Waals surface area (Å²) >= 11 is 0. The Morgan fingerprint density at radius 2 is 2.00 bits per heavy atom. The highest BCUT2D eigenvalue weighted by atomic mass is 16.5. The van der Waals surface area contributed by atoms with E-state index >= 15 is 0 Å². The number of pyridine rings is 1. The van der Waals surface area contributed by atoms with Crippen molar-refractivity contribution < 1.29 is 18.8 Å². The summed E-state index contributed by atoms with van der Waals surface area (Å²) < 4.78 is 15.4. The van der Waals surface area contributed by atoms with Crippen molar-refractivity contribution in [2.75, 3.05) is 14.2 Å². The van der Waals surface area contributed by atoms with Crippen LogP contribution in [0.25, 0.3) is 11.5 Å². The molecule has 3 aromatic rings. The first-order valence-corrected chi connectivity index (χ1v) is 7.45. The highest BCUT2D eigenvalue weighted by Gasteiger charge is 2.16. The Morgan fingerprint density at radius 1 is 1.16 bits per heavy atom. The summed E-state index contributed by atoms with van der Waals surface area (Å²) in [5.74, 6) is 0.876. The molecule has 128 valence electrons. The SMILES string of the molecule is COc1ccc(CNC(=O)c2nc(-c3ccccn3)no2)cc1OC. The molecule has 3 rings (SSSR count). The molecular weight excluding hydrogens is 324 g/mol. The van der Waals surface area contributed by atoms with Gasteiger partial charge in [0.15, 0.2) is 11.5 Å². The van der Waals surface area contributed by atoms with Crippen LogP contribution in [0.1, 0.15) is 16.2 Å². The molecule has 8 nitrogen and oxygen atoms in total. The van der Waals surface area contributed by atoms with Gasteiger partial charge in [0, 0.05) is 12.7 Å². The predicted molar refractivity (Wildman–Crippen MR) is 88.2 cm³/mol. The van der Waals surface area contributed by atoms with Gasteiger partial charge in [0.05, 0.1) is 14.2 Å². The maximum Gasteiger partial charge on any atom is 0.316 e. The third-order valence-corrected chi connectivity index (χ3v) is 3.42. The molecule has 0 radical (unpaired) electrons. The molecule has 0 fully saturated rings. The van der Waals surface area contributed by atoms with Gasteiger partial charge < -0.3 is 19.3 Å². The van der Waals surface area contributed by atoms with Gasteiger partial charge in [0.2, 0.25) is 5.82 Å². The van der Waals surface area contributed by atoms with Crippen LogP contribution in [0.5, 0.6) is 11.5 Å². The molecule has 25 heavy (non-hydrogen) atoms. The van der Waals surface area contributed by atoms with Crippen LogP contribution in [0, 0.1) is 0 Å². The van der Waals surface area contributed by atoms with Crippen LogP contribution in [0.2, 0.25) is 0 Å². The number of hydrogen-bond acceptors (Lipinski definition) is 7. The van der Waals surface area contributed by atoms with Crippen molar-refractivity contribution in [2.24, 2.45) is 0 Å². The van der Waals surface area contributed by atoms with Gasteiger partial charge in [-0.2, -0.15) is 4.98 Å². The van der Waals surface area contributed by atoms with Gasteiger partial charge in [0.25, 0.3) is 0 Å². The van der Waals surface area contributed by atoms with Crippen molar-refractivity contribution >= 4 is 5.91 Å². The minimum absolute atomic E-state index is 0.124. The molecule has 8 heteroatoms. The lowest BCUT2D eigenvalue weighted by Crippen LogP contribution is -2.23. The molecule has 0 aliphatic heterocycles. The lowest BCUT2D eigenvalue weighted by atomic mass is 10.2. The topological polar surface area (TPSA) is 99.4 Å². The van der Waals surface area contributed by atoms with Crippen LogP contribution in [0.15, 0.2) is 47.1 Å². The summed E-state index contributed by atoms with van der Waals surface area (Å²) in [5.41, 5.74) is 1.38. The van der Waals surface area contributed by atoms with Gasteiger partial charge in [-0.25, -0.2) is 0 Å². The van der Waals surface area contributed by atoms with Gasteiger partial charge in [-0.1, -0.05) is 17.3 Å². The first-order valence-electron chi connectivity index (χ1n) is 7.45. The first kappa shape index (κ1) is 16.4. The van der Waals surface area contributed by atoms with Gasteiger partial charge in [-0.15, -0.1) is 0 Å². The van der Waals surface area contributed by atoms with Crippen LogP contribution >= 0.6 is 0 Å². The summed E-state index contributed by atoms with van der Waals surface area (Å²) in [4.78, 5) is 20.3. The van der Waals surface area contributed by atoms with E-state index < -0.39 is 5.91 Å². The van der Waals surface area contributed by atoms with Crippen molar-refractivity contribution in [3.8, 4) is 23.0 Å². The smallest absolute Gasteiger partial charge is 0.316 e. The molecule has 0 saturated carbocycles. The molecule has 0 unspecified atom stereocenters. The quantitative estimate of drug-likeness (QED) is 0.733. The van der Waals surface area contributed by atoms with E-state index in [1.807, 2.05) is 6.07 Å². The van der Waals surface area contributed by atoms with Crippen molar-refractivity contribution in [3.63, 3.8) is 0 Å². The van der Waals surface area contributed by atoms with Crippen molar-refractivity contribution in [3.05, 3.63) is 54.0 Å². The second kappa shape index (κ2) is 7.43. The second-order valence-electron chi connectivity index (χ2n) is 5.01. The zero-order valence-corrected chi connectivity index (χ0v) is 13.7. The molecule has 0 bridgehead atoms. The molecule has 1 amide bonds. The number of methoxy groups -OCH3 is 2. The van der Waals surface area contributed by atoms with Crippen molar-refractivity contribution in [1.82, 2.24) is 20.4 Å². The molecule has 1 aromatic carbocycles. The summed E-state index contributed by atoms with van der Waals surface area (Å²) in [5, 5.41) is 6.48. The fraction of sp³-hybridized carbons (Fsp3) is 0.176. The molecule has 0 atom stereocenters. The number of nitrogens with one attached hydrogen (secondary N) is 1. The van der Waals surface area contributed by atoms with Gasteiger partial charge in [-0.3, -0.25) is 9.78 Å². The largest absolute Gasteiger partial charge is 0.493 e. The van der Waals surface area contributed by atoms with Gasteiger partial charge in [-0.05, 0) is 29.8 Å². The Hall–Kier alpha value is -3.42. The number of rotatable bonds is 6. The number of benzene rings is 1. The Kier molecular flexibility index (Phi) is 4.89. The number of carbonyl (C=O) groups excluding carboxylic acids is 1. The minimum Gasteiger partial charge on any atom is -0.493 e. The summed E-state index contributed by atoms with van der Waals surface area (Å²) in [6, 6.07) is 10.7. The van der Waals surface area contributed by atoms with Crippen LogP contribution in [-0.2, 0) is 6.54 Å². The van der Waals surface area contributed by atoms with E-state index in [-0.39, 0.29) is 18.3 Å². The van der Waals surface area contributed by atoms with Crippen molar-refractivity contribution in [2.45, 2.75) is 6.54 Å². The average molecular weight is 340 g/mol. The molecule has 2 aromatic heterocycles. The summed E-state index contributed by atoms with van der Waals surface area (Å²) in [6.45, 7) is 0.278. The molecule has 0 aliphatic rings. The minimum atomic E-state index is -0.468. The maximum atomic E-state index is 12.2. The third-order valence-electron chi connectivity index (χ3n) is 3.42. The lowest BCUT2D eigenvalue weighted by Gasteiger charge is -2.09. The number of hydrogen-bond donors (Lipinski definition) is 1. The van der Waals surface area contributed by atoms with E-state index in [0.29, 0.717) is 17.2 Å². The zero-order chi connectivity index (χ0) is 17.6. The number of aromatic nitrogens is 3. The Labute approximate surface area is 143 Å². The molecule has 0 saturated heterocycles. The summed E-state index contributed by atoms with van der Waals surface area (Å²) in [6.07, 6.45) is 1.61. The first-order chi connectivity index (χ1) is 12.2. The van der Waals surface area contributed by atoms with Crippen LogP contribution in [-0.4, -0.2) is 35.3 Å². The van der Waals surface area contributed by atoms with E-state index in [9.17, 15) is 4.79 Å². The average Bonchev–Trinajstić information content (AvgIpc) is 3.17. The van der Waals surface area contributed by atoms with E-state index in [0.717, 1.165) is 5.56 Å². The maximum absolute atomic E-state index is 12.2. The van der Waals surface area contributed by atoms with Gasteiger partial charge >= 0.3 is 11.8 Å².